The number of benzene rings is 2. The van der Waals surface area contributed by atoms with Crippen LogP contribution in [-0.4, -0.2) is 42.2 Å². The first kappa shape index (κ1) is 21.9. The summed E-state index contributed by atoms with van der Waals surface area (Å²) in [4.78, 5) is 24.8. The van der Waals surface area contributed by atoms with Crippen LogP contribution in [0.4, 0.5) is 11.5 Å². The summed E-state index contributed by atoms with van der Waals surface area (Å²) in [6, 6.07) is 15.3. The second kappa shape index (κ2) is 10.3. The average molecular weight is 435 g/mol. The minimum Gasteiger partial charge on any atom is -0.492 e. The third kappa shape index (κ3) is 4.93. The highest BCUT2D eigenvalue weighted by atomic mass is 16.5. The topological polar surface area (TPSA) is 76.6 Å². The van der Waals surface area contributed by atoms with Crippen molar-refractivity contribution in [1.29, 1.82) is 0 Å². The zero-order valence-corrected chi connectivity index (χ0v) is 18.7. The molecule has 168 valence electrons. The molecule has 1 aromatic heterocycles. The zero-order valence-electron chi connectivity index (χ0n) is 18.7. The van der Waals surface area contributed by atoms with Crippen LogP contribution in [0, 0.1) is 5.92 Å². The maximum atomic E-state index is 13.1. The summed E-state index contributed by atoms with van der Waals surface area (Å²) in [5.41, 5.74) is 2.33. The summed E-state index contributed by atoms with van der Waals surface area (Å²) < 4.78 is 11.6. The Morgan fingerprint density at radius 2 is 1.81 bits per heavy atom. The van der Waals surface area contributed by atoms with Gasteiger partial charge >= 0.3 is 0 Å². The molecule has 0 radical (unpaired) electrons. The molecule has 3 aromatic rings. The molecule has 4 rings (SSSR count). The first-order valence-corrected chi connectivity index (χ1v) is 11.4. The minimum absolute atomic E-state index is 0.00775. The highest BCUT2D eigenvalue weighted by Gasteiger charge is 2.29. The molecule has 0 unspecified atom stereocenters. The molecule has 7 heteroatoms. The summed E-state index contributed by atoms with van der Waals surface area (Å²) in [6.45, 7) is 6.50. The molecule has 1 atom stereocenters. The largest absolute Gasteiger partial charge is 0.492 e. The summed E-state index contributed by atoms with van der Waals surface area (Å²) in [6.07, 6.45) is 2.61. The van der Waals surface area contributed by atoms with Gasteiger partial charge in [0.05, 0.1) is 35.9 Å². The molecule has 1 saturated heterocycles. The molecule has 32 heavy (non-hydrogen) atoms. The Morgan fingerprint density at radius 3 is 2.59 bits per heavy atom. The number of hydrogen-bond acceptors (Lipinski definition) is 6. The van der Waals surface area contributed by atoms with Gasteiger partial charge in [0.1, 0.15) is 5.75 Å². The van der Waals surface area contributed by atoms with Crippen LogP contribution < -0.4 is 19.7 Å². The van der Waals surface area contributed by atoms with Crippen molar-refractivity contribution in [2.75, 3.05) is 36.5 Å². The van der Waals surface area contributed by atoms with E-state index in [1.54, 1.807) is 0 Å². The van der Waals surface area contributed by atoms with Gasteiger partial charge in [-0.15, -0.1) is 0 Å². The second-order valence-electron chi connectivity index (χ2n) is 7.89. The van der Waals surface area contributed by atoms with Crippen molar-refractivity contribution in [3.8, 4) is 11.6 Å². The number of anilines is 2. The van der Waals surface area contributed by atoms with Crippen molar-refractivity contribution >= 4 is 28.4 Å². The lowest BCUT2D eigenvalue weighted by Gasteiger charge is -2.33. The Morgan fingerprint density at radius 1 is 1.06 bits per heavy atom. The van der Waals surface area contributed by atoms with Gasteiger partial charge in [-0.05, 0) is 50.5 Å². The third-order valence-corrected chi connectivity index (χ3v) is 5.50. The van der Waals surface area contributed by atoms with Gasteiger partial charge in [0.25, 0.3) is 5.88 Å². The van der Waals surface area contributed by atoms with Crippen LogP contribution in [0.5, 0.6) is 11.6 Å². The number of para-hydroxylation sites is 4. The number of amides is 1. The van der Waals surface area contributed by atoms with Gasteiger partial charge in [-0.1, -0.05) is 31.2 Å². The maximum absolute atomic E-state index is 13.1. The number of carbonyl (C=O) groups is 1. The molecule has 1 fully saturated rings. The van der Waals surface area contributed by atoms with Gasteiger partial charge < -0.3 is 19.7 Å². The van der Waals surface area contributed by atoms with Crippen LogP contribution in [-0.2, 0) is 4.79 Å². The van der Waals surface area contributed by atoms with Crippen LogP contribution in [0.25, 0.3) is 11.0 Å². The molecule has 2 heterocycles. The van der Waals surface area contributed by atoms with E-state index in [4.69, 9.17) is 19.4 Å². The van der Waals surface area contributed by atoms with Crippen LogP contribution in [0.3, 0.4) is 0 Å². The molecule has 1 N–H and O–H groups in total. The zero-order chi connectivity index (χ0) is 22.3. The molecule has 0 saturated carbocycles. The first-order valence-electron chi connectivity index (χ1n) is 11.4. The van der Waals surface area contributed by atoms with Crippen molar-refractivity contribution in [2.24, 2.45) is 5.92 Å². The number of rotatable bonds is 8. The SMILES string of the molecule is CCCOc1nc2ccccc2nc1N1CCC[C@@H](C(=O)Nc2ccccc2OCC)C1. The van der Waals surface area contributed by atoms with E-state index >= 15 is 0 Å². The molecule has 1 aliphatic rings. The second-order valence-corrected chi connectivity index (χ2v) is 7.89. The number of fused-ring (bicyclic) bond motifs is 1. The molecular formula is C25H30N4O3. The fraction of sp³-hybridized carbons (Fsp3) is 0.400. The Bertz CT molecular complexity index is 1070. The van der Waals surface area contributed by atoms with Gasteiger partial charge in [0.2, 0.25) is 5.91 Å². The van der Waals surface area contributed by atoms with Crippen molar-refractivity contribution < 1.29 is 14.3 Å². The van der Waals surface area contributed by atoms with Crippen LogP contribution in [0.15, 0.2) is 48.5 Å². The van der Waals surface area contributed by atoms with Gasteiger partial charge in [0.15, 0.2) is 5.82 Å². The van der Waals surface area contributed by atoms with E-state index < -0.39 is 0 Å². The number of carbonyl (C=O) groups excluding carboxylic acids is 1. The molecule has 7 nitrogen and oxygen atoms in total. The molecule has 2 aromatic carbocycles. The average Bonchev–Trinajstić information content (AvgIpc) is 2.83. The van der Waals surface area contributed by atoms with Gasteiger partial charge in [-0.2, -0.15) is 0 Å². The standard InChI is InChI=1S/C25H30N4O3/c1-3-16-32-25-23(26-19-11-5-6-12-20(19)28-25)29-15-9-10-18(17-29)24(30)27-21-13-7-8-14-22(21)31-4-2/h5-8,11-14,18H,3-4,9-10,15-17H2,1-2H3,(H,27,30)/t18-/m1/s1. The first-order chi connectivity index (χ1) is 15.7. The van der Waals surface area contributed by atoms with E-state index in [2.05, 4.69) is 17.1 Å². The molecule has 0 spiro atoms. The predicted octanol–water partition coefficient (Wildman–Crippen LogP) is 4.67. The summed E-state index contributed by atoms with van der Waals surface area (Å²) >= 11 is 0. The lowest BCUT2D eigenvalue weighted by atomic mass is 9.97. The van der Waals surface area contributed by atoms with E-state index in [-0.39, 0.29) is 11.8 Å². The number of hydrogen-bond donors (Lipinski definition) is 1. The lowest BCUT2D eigenvalue weighted by Crippen LogP contribution is -2.41. The fourth-order valence-corrected chi connectivity index (χ4v) is 3.95. The number of aromatic nitrogens is 2. The highest BCUT2D eigenvalue weighted by Crippen LogP contribution is 2.32. The molecule has 1 amide bonds. The van der Waals surface area contributed by atoms with Crippen molar-refractivity contribution in [3.05, 3.63) is 48.5 Å². The fourth-order valence-electron chi connectivity index (χ4n) is 3.95. The van der Waals surface area contributed by atoms with Crippen molar-refractivity contribution in [2.45, 2.75) is 33.1 Å². The maximum Gasteiger partial charge on any atom is 0.258 e. The number of nitrogens with zero attached hydrogens (tertiary/aromatic N) is 3. The summed E-state index contributed by atoms with van der Waals surface area (Å²) in [5.74, 6) is 1.77. The van der Waals surface area contributed by atoms with Gasteiger partial charge in [0, 0.05) is 13.1 Å². The van der Waals surface area contributed by atoms with Gasteiger partial charge in [-0.3, -0.25) is 4.79 Å². The van der Waals surface area contributed by atoms with Crippen LogP contribution in [0.1, 0.15) is 33.1 Å². The number of ether oxygens (including phenoxy) is 2. The Hall–Kier alpha value is -3.35. The number of nitrogens with one attached hydrogen (secondary N) is 1. The summed E-state index contributed by atoms with van der Waals surface area (Å²) in [7, 11) is 0. The van der Waals surface area contributed by atoms with E-state index in [0.717, 1.165) is 36.8 Å². The van der Waals surface area contributed by atoms with E-state index in [0.29, 0.717) is 42.9 Å². The molecular weight excluding hydrogens is 404 g/mol. The van der Waals surface area contributed by atoms with E-state index in [1.165, 1.54) is 0 Å². The van der Waals surface area contributed by atoms with Crippen molar-refractivity contribution in [1.82, 2.24) is 9.97 Å². The molecule has 1 aliphatic heterocycles. The summed E-state index contributed by atoms with van der Waals surface area (Å²) in [5, 5.41) is 3.06. The smallest absolute Gasteiger partial charge is 0.258 e. The Balaban J connectivity index is 1.55. The van der Waals surface area contributed by atoms with Crippen LogP contribution >= 0.6 is 0 Å². The molecule has 0 bridgehead atoms. The minimum atomic E-state index is -0.161. The van der Waals surface area contributed by atoms with E-state index in [9.17, 15) is 4.79 Å². The normalized spacial score (nSPS) is 16.1. The van der Waals surface area contributed by atoms with Crippen LogP contribution in [0.2, 0.25) is 0 Å². The molecule has 0 aliphatic carbocycles. The van der Waals surface area contributed by atoms with Gasteiger partial charge in [-0.25, -0.2) is 9.97 Å². The Labute approximate surface area is 188 Å². The monoisotopic (exact) mass is 434 g/mol. The lowest BCUT2D eigenvalue weighted by molar-refractivity contribution is -0.120. The highest BCUT2D eigenvalue weighted by molar-refractivity contribution is 5.94. The number of piperidine rings is 1. The van der Waals surface area contributed by atoms with Crippen molar-refractivity contribution in [3.63, 3.8) is 0 Å². The predicted molar refractivity (Wildman–Crippen MR) is 127 cm³/mol. The van der Waals surface area contributed by atoms with E-state index in [1.807, 2.05) is 55.5 Å². The third-order valence-electron chi connectivity index (χ3n) is 5.50. The quantitative estimate of drug-likeness (QED) is 0.555. The Kier molecular flexibility index (Phi) is 7.04.